The first-order valence-electron chi connectivity index (χ1n) is 18.6. The van der Waals surface area contributed by atoms with Crippen LogP contribution in [-0.2, 0) is 0 Å². The van der Waals surface area contributed by atoms with E-state index in [1.807, 2.05) is 0 Å². The lowest BCUT2D eigenvalue weighted by Gasteiger charge is -2.01. The van der Waals surface area contributed by atoms with E-state index in [1.165, 1.54) is 97.0 Å². The van der Waals surface area contributed by atoms with Gasteiger partial charge in [-0.3, -0.25) is 0 Å². The molecule has 0 atom stereocenters. The highest BCUT2D eigenvalue weighted by Crippen LogP contribution is 2.25. The molecule has 0 heterocycles. The van der Waals surface area contributed by atoms with Crippen LogP contribution in [0.4, 0.5) is 0 Å². The molecule has 22 rings (SSSR count). The van der Waals surface area contributed by atoms with Crippen molar-refractivity contribution in [3.63, 3.8) is 0 Å². The summed E-state index contributed by atoms with van der Waals surface area (Å²) in [5.74, 6) is 0. The smallest absolute Gasteiger partial charge is 0.0178 e. The molecule has 0 amide bonds. The van der Waals surface area contributed by atoms with E-state index in [0.29, 0.717) is 0 Å². The molecule has 0 aliphatic heterocycles. The predicted molar refractivity (Wildman–Crippen MR) is 237 cm³/mol. The van der Waals surface area contributed by atoms with E-state index >= 15 is 0 Å². The fourth-order valence-electron chi connectivity index (χ4n) is 7.74. The molecule has 0 unspecified atom stereocenters. The summed E-state index contributed by atoms with van der Waals surface area (Å²) in [6.07, 6.45) is 0. The number of hydrogen-bond donors (Lipinski definition) is 0. The minimum Gasteiger partial charge on any atom is -0.0610 e. The van der Waals surface area contributed by atoms with Gasteiger partial charge in [0.15, 0.2) is 0 Å². The Kier molecular flexibility index (Phi) is 7.93. The van der Waals surface area contributed by atoms with Gasteiger partial charge in [0.05, 0.1) is 0 Å². The van der Waals surface area contributed by atoms with E-state index in [2.05, 4.69) is 218 Å². The standard InChI is InChI=1S/C54H36/c1-3-51-35-53(5-1)49-31-23-45(24-32-49)46-25-33-50(34-26-46)54-6-2-4-52(36-54)48-29-21-44(22-30-48)42-17-13-40(14-18-42)38-9-7-37(8-10-38)39-11-15-41(16-12-39)43-19-27-47(51)28-20-43/h1-36H. The summed E-state index contributed by atoms with van der Waals surface area (Å²) in [5.41, 5.74) is 0. The maximum absolute atomic E-state index is 2.29. The zero-order valence-corrected chi connectivity index (χ0v) is 29.8. The van der Waals surface area contributed by atoms with Gasteiger partial charge in [0.2, 0.25) is 0 Å². The van der Waals surface area contributed by atoms with Gasteiger partial charge in [-0.15, -0.1) is 0 Å². The molecule has 0 N–H and O–H groups in total. The third kappa shape index (κ3) is 6.15. The SMILES string of the molecule is c1cc2cc(c1)c1ccc(cc1)c1ccc(cc1)c1cccc(c1)c1ccc(cc1)c1ccc(cc1)c1ccc(cc1)c1ccc(cc1)c1ccc2cc1. The van der Waals surface area contributed by atoms with E-state index in [9.17, 15) is 0 Å². The van der Waals surface area contributed by atoms with Gasteiger partial charge in [0.1, 0.15) is 0 Å². The Labute approximate surface area is 314 Å². The average molecular weight is 685 g/mol. The second kappa shape index (κ2) is 13.5. The van der Waals surface area contributed by atoms with E-state index in [-0.39, 0.29) is 0 Å². The normalized spacial score (nSPS) is 11.3. The second-order valence-electron chi connectivity index (χ2n) is 14.2. The minimum absolute atomic E-state index is 1.21. The quantitative estimate of drug-likeness (QED) is 0.149. The first-order valence-corrected chi connectivity index (χ1v) is 18.6. The summed E-state index contributed by atoms with van der Waals surface area (Å²) < 4.78 is 0. The molecule has 0 saturated carbocycles. The molecule has 0 fully saturated rings. The molecular formula is C54H36. The monoisotopic (exact) mass is 684 g/mol. The fraction of sp³-hybridized carbons (Fsp3) is 0. The molecule has 18 bridgehead atoms. The highest BCUT2D eigenvalue weighted by atomic mass is 14.0. The Balaban J connectivity index is 1.15. The summed E-state index contributed by atoms with van der Waals surface area (Å²) in [5, 5.41) is 21.8. The highest BCUT2D eigenvalue weighted by molar-refractivity contribution is 5.98. The van der Waals surface area contributed by atoms with Crippen molar-refractivity contribution in [1.29, 1.82) is 0 Å². The van der Waals surface area contributed by atoms with Crippen molar-refractivity contribution in [2.75, 3.05) is 0 Å². The topological polar surface area (TPSA) is 0 Å². The third-order valence-corrected chi connectivity index (χ3v) is 10.9. The van der Waals surface area contributed by atoms with Crippen molar-refractivity contribution in [2.45, 2.75) is 0 Å². The van der Waals surface area contributed by atoms with Crippen molar-refractivity contribution in [2.24, 2.45) is 0 Å². The third-order valence-electron chi connectivity index (χ3n) is 10.9. The molecule has 22 aromatic rings. The van der Waals surface area contributed by atoms with Gasteiger partial charge in [-0.25, -0.2) is 0 Å². The lowest BCUT2D eigenvalue weighted by molar-refractivity contribution is 1.78. The summed E-state index contributed by atoms with van der Waals surface area (Å²) in [6, 6.07) is 80.2. The Morgan fingerprint density at radius 3 is 0.352 bits per heavy atom. The van der Waals surface area contributed by atoms with Crippen LogP contribution in [0.1, 0.15) is 0 Å². The summed E-state index contributed by atoms with van der Waals surface area (Å²) >= 11 is 0. The highest BCUT2D eigenvalue weighted by Gasteiger charge is 1.99. The van der Waals surface area contributed by atoms with Crippen LogP contribution in [0.2, 0.25) is 0 Å². The van der Waals surface area contributed by atoms with Crippen molar-refractivity contribution in [1.82, 2.24) is 0 Å². The van der Waals surface area contributed by atoms with Gasteiger partial charge < -0.3 is 0 Å². The van der Waals surface area contributed by atoms with Crippen LogP contribution < -0.4 is 0 Å². The predicted octanol–water partition coefficient (Wildman–Crippen LogP) is 15.4. The van der Waals surface area contributed by atoms with Crippen LogP contribution in [0.3, 0.4) is 0 Å². The molecule has 252 valence electrons. The molecule has 0 radical (unpaired) electrons. The number of benzene rings is 9. The molecule has 0 aromatic heterocycles. The molecule has 54 heavy (non-hydrogen) atoms. The van der Waals surface area contributed by atoms with Crippen LogP contribution in [0.25, 0.3) is 97.0 Å². The fourth-order valence-corrected chi connectivity index (χ4v) is 7.74. The maximum Gasteiger partial charge on any atom is -0.0178 e. The van der Waals surface area contributed by atoms with Crippen molar-refractivity contribution in [3.05, 3.63) is 218 Å². The lowest BCUT2D eigenvalue weighted by Crippen LogP contribution is -1.75. The first-order chi connectivity index (χ1) is 26.7. The molecule has 0 heteroatoms. The van der Waals surface area contributed by atoms with Gasteiger partial charge >= 0.3 is 0 Å². The molecular weight excluding hydrogens is 649 g/mol. The summed E-state index contributed by atoms with van der Waals surface area (Å²) in [6.45, 7) is 0. The van der Waals surface area contributed by atoms with Gasteiger partial charge in [0, 0.05) is 0 Å². The van der Waals surface area contributed by atoms with Crippen LogP contribution in [-0.4, -0.2) is 0 Å². The number of rotatable bonds is 0. The van der Waals surface area contributed by atoms with E-state index in [0.717, 1.165) is 0 Å². The van der Waals surface area contributed by atoms with E-state index in [4.69, 9.17) is 0 Å². The first kappa shape index (κ1) is 31.7. The second-order valence-corrected chi connectivity index (χ2v) is 14.2. The van der Waals surface area contributed by atoms with Gasteiger partial charge in [0.25, 0.3) is 0 Å². The van der Waals surface area contributed by atoms with E-state index < -0.39 is 0 Å². The van der Waals surface area contributed by atoms with Crippen LogP contribution >= 0.6 is 0 Å². The zero-order chi connectivity index (χ0) is 35.8. The Hall–Kier alpha value is -7.02. The largest absolute Gasteiger partial charge is 0.0610 e. The van der Waals surface area contributed by atoms with Crippen LogP contribution in [0, 0.1) is 0 Å². The molecule has 0 aliphatic carbocycles. The van der Waals surface area contributed by atoms with Gasteiger partial charge in [-0.1, -0.05) is 206 Å². The number of hydrogen-bond acceptors (Lipinski definition) is 0. The molecule has 0 nitrogen and oxygen atoms in total. The minimum atomic E-state index is 1.21. The van der Waals surface area contributed by atoms with Crippen molar-refractivity contribution < 1.29 is 0 Å². The van der Waals surface area contributed by atoms with Gasteiger partial charge in [-0.2, -0.15) is 0 Å². The van der Waals surface area contributed by atoms with Crippen LogP contribution in [0.5, 0.6) is 0 Å². The lowest BCUT2D eigenvalue weighted by atomic mass is 10.0. The molecule has 0 spiro atoms. The zero-order valence-electron chi connectivity index (χ0n) is 29.8. The summed E-state index contributed by atoms with van der Waals surface area (Å²) in [7, 11) is 0. The van der Waals surface area contributed by atoms with E-state index in [1.54, 1.807) is 0 Å². The van der Waals surface area contributed by atoms with Gasteiger partial charge in [-0.05, 0) is 109 Å². The Morgan fingerprint density at radius 1 is 0.111 bits per heavy atom. The Morgan fingerprint density at radius 2 is 0.222 bits per heavy atom. The van der Waals surface area contributed by atoms with Crippen LogP contribution in [0.15, 0.2) is 218 Å². The Bertz CT molecular complexity index is 2970. The maximum atomic E-state index is 2.29. The average Bonchev–Trinajstić information content (AvgIpc) is 3.27. The molecule has 22 aromatic carbocycles. The molecule has 0 saturated heterocycles. The van der Waals surface area contributed by atoms with Crippen molar-refractivity contribution in [3.8, 4) is 0 Å². The summed E-state index contributed by atoms with van der Waals surface area (Å²) in [4.78, 5) is 0. The molecule has 0 aliphatic rings. The van der Waals surface area contributed by atoms with Crippen molar-refractivity contribution >= 4 is 97.0 Å².